The van der Waals surface area contributed by atoms with Crippen molar-refractivity contribution >= 4 is 0 Å². The minimum Gasteiger partial charge on any atom is -0.491 e. The number of rotatable bonds is 8. The quantitative estimate of drug-likeness (QED) is 0.244. The molecular weight excluding hydrogens is 451 g/mol. The zero-order chi connectivity index (χ0) is 24.4. The van der Waals surface area contributed by atoms with Gasteiger partial charge in [0.1, 0.15) is 24.0 Å². The molecule has 1 aliphatic carbocycles. The van der Waals surface area contributed by atoms with Gasteiger partial charge in [-0.25, -0.2) is 22.0 Å². The summed E-state index contributed by atoms with van der Waals surface area (Å²) >= 11 is 0. The first kappa shape index (κ1) is 23.8. The third kappa shape index (κ3) is 4.27. The second kappa shape index (κ2) is 9.87. The van der Waals surface area contributed by atoms with Gasteiger partial charge in [0, 0.05) is 22.8 Å². The summed E-state index contributed by atoms with van der Waals surface area (Å²) in [6, 6.07) is 9.81. The van der Waals surface area contributed by atoms with Crippen molar-refractivity contribution in [2.45, 2.75) is 38.7 Å². The summed E-state index contributed by atoms with van der Waals surface area (Å²) in [7, 11) is 0. The van der Waals surface area contributed by atoms with Crippen molar-refractivity contribution in [1.82, 2.24) is 0 Å². The van der Waals surface area contributed by atoms with Crippen molar-refractivity contribution in [1.29, 1.82) is 0 Å². The van der Waals surface area contributed by atoms with E-state index in [0.717, 1.165) is 0 Å². The molecule has 34 heavy (non-hydrogen) atoms. The lowest BCUT2D eigenvalue weighted by molar-refractivity contribution is 0.158. The van der Waals surface area contributed by atoms with Gasteiger partial charge in [-0.3, -0.25) is 0 Å². The number of halogens is 5. The molecule has 2 atom stereocenters. The average Bonchev–Trinajstić information content (AvgIpc) is 2.82. The number of hydrogen-bond donors (Lipinski definition) is 0. The van der Waals surface area contributed by atoms with E-state index in [1.807, 2.05) is 0 Å². The predicted molar refractivity (Wildman–Crippen MR) is 120 cm³/mol. The molecule has 0 spiro atoms. The molecule has 0 amide bonds. The number of hydrogen-bond acceptors (Lipinski definition) is 2. The smallest absolute Gasteiger partial charge is 0.171 e. The lowest BCUT2D eigenvalue weighted by Crippen LogP contribution is -2.17. The topological polar surface area (TPSA) is 18.5 Å². The van der Waals surface area contributed by atoms with Gasteiger partial charge in [0.2, 0.25) is 0 Å². The number of aryl methyl sites for hydroxylation is 1. The normalized spacial score (nSPS) is 16.5. The summed E-state index contributed by atoms with van der Waals surface area (Å²) in [6.07, 6.45) is -2.00. The highest BCUT2D eigenvalue weighted by atomic mass is 19.2. The Bertz CT molecular complexity index is 1220. The molecule has 2 nitrogen and oxygen atoms in total. The fourth-order valence-electron chi connectivity index (χ4n) is 4.13. The van der Waals surface area contributed by atoms with Crippen LogP contribution in [0.15, 0.2) is 55.1 Å². The van der Waals surface area contributed by atoms with Crippen LogP contribution in [0.1, 0.15) is 47.9 Å². The van der Waals surface area contributed by atoms with E-state index in [0.29, 0.717) is 18.4 Å². The van der Waals surface area contributed by atoms with Gasteiger partial charge < -0.3 is 9.47 Å². The molecule has 7 heteroatoms. The van der Waals surface area contributed by atoms with E-state index in [1.54, 1.807) is 25.1 Å². The fraction of sp³-hybridized carbons (Fsp3) is 0.259. The van der Waals surface area contributed by atoms with Crippen LogP contribution < -0.4 is 9.47 Å². The molecule has 2 unspecified atom stereocenters. The van der Waals surface area contributed by atoms with Gasteiger partial charge in [0.05, 0.1) is 6.61 Å². The SMILES string of the molecule is C=CCCc1ccc(OCc2ccc3c(c2F)C(F)C(F)c2c-3ccc(OCC)c2F)cc1F. The first-order valence-electron chi connectivity index (χ1n) is 10.9. The largest absolute Gasteiger partial charge is 0.491 e. The maximum absolute atomic E-state index is 15.3. The molecule has 0 saturated carbocycles. The van der Waals surface area contributed by atoms with Crippen molar-refractivity contribution < 1.29 is 31.4 Å². The highest BCUT2D eigenvalue weighted by Gasteiger charge is 2.40. The predicted octanol–water partition coefficient (Wildman–Crippen LogP) is 7.90. The minimum absolute atomic E-state index is 0.0281. The Morgan fingerprint density at radius 2 is 1.50 bits per heavy atom. The Labute approximate surface area is 194 Å². The van der Waals surface area contributed by atoms with Gasteiger partial charge in [-0.2, -0.15) is 0 Å². The summed E-state index contributed by atoms with van der Waals surface area (Å²) in [5, 5.41) is 0. The first-order valence-corrected chi connectivity index (χ1v) is 10.9. The molecule has 0 saturated heterocycles. The van der Waals surface area contributed by atoms with Crippen LogP contribution in [0.25, 0.3) is 11.1 Å². The molecule has 0 radical (unpaired) electrons. The van der Waals surface area contributed by atoms with Crippen molar-refractivity contribution in [3.63, 3.8) is 0 Å². The molecule has 3 aromatic rings. The fourth-order valence-corrected chi connectivity index (χ4v) is 4.13. The highest BCUT2D eigenvalue weighted by molar-refractivity contribution is 5.76. The molecule has 0 fully saturated rings. The Morgan fingerprint density at radius 3 is 2.15 bits per heavy atom. The Kier molecular flexibility index (Phi) is 6.91. The monoisotopic (exact) mass is 474 g/mol. The van der Waals surface area contributed by atoms with Crippen LogP contribution in [-0.2, 0) is 13.0 Å². The van der Waals surface area contributed by atoms with Gasteiger partial charge in [0.15, 0.2) is 23.9 Å². The van der Waals surface area contributed by atoms with Gasteiger partial charge in [-0.05, 0) is 48.6 Å². The Morgan fingerprint density at radius 1 is 0.853 bits per heavy atom. The molecule has 0 aliphatic heterocycles. The van der Waals surface area contributed by atoms with E-state index >= 15 is 8.78 Å². The van der Waals surface area contributed by atoms with Crippen molar-refractivity contribution in [3.8, 4) is 22.6 Å². The standard InChI is InChI=1S/C27H23F5O2/c1-3-5-6-15-7-9-17(13-20(15)28)34-14-16-8-10-18-19-11-12-21(33-4-2)25(30)23(19)27(32)26(31)22(18)24(16)29/h3,7-13,26-27H,1,4-6,14H2,2H3. The number of ether oxygens (including phenoxy) is 2. The van der Waals surface area contributed by atoms with Crippen LogP contribution >= 0.6 is 0 Å². The van der Waals surface area contributed by atoms with E-state index in [9.17, 15) is 13.2 Å². The van der Waals surface area contributed by atoms with Crippen LogP contribution in [0.2, 0.25) is 0 Å². The highest BCUT2D eigenvalue weighted by Crippen LogP contribution is 2.51. The van der Waals surface area contributed by atoms with E-state index in [1.165, 1.54) is 30.3 Å². The number of alkyl halides is 2. The van der Waals surface area contributed by atoms with Gasteiger partial charge >= 0.3 is 0 Å². The molecule has 4 rings (SSSR count). The number of benzene rings is 3. The van der Waals surface area contributed by atoms with Crippen LogP contribution in [0.5, 0.6) is 11.5 Å². The van der Waals surface area contributed by atoms with Crippen LogP contribution in [0, 0.1) is 17.5 Å². The third-order valence-corrected chi connectivity index (χ3v) is 5.84. The third-order valence-electron chi connectivity index (χ3n) is 5.84. The molecule has 178 valence electrons. The average molecular weight is 474 g/mol. The van der Waals surface area contributed by atoms with Crippen molar-refractivity contribution in [2.75, 3.05) is 6.61 Å². The van der Waals surface area contributed by atoms with E-state index in [4.69, 9.17) is 9.47 Å². The summed E-state index contributed by atoms with van der Waals surface area (Å²) in [4.78, 5) is 0. The second-order valence-corrected chi connectivity index (χ2v) is 7.94. The van der Waals surface area contributed by atoms with Crippen molar-refractivity contribution in [2.24, 2.45) is 0 Å². The summed E-state index contributed by atoms with van der Waals surface area (Å²) in [6.45, 7) is 5.08. The summed E-state index contributed by atoms with van der Waals surface area (Å²) in [5.74, 6) is -2.44. The van der Waals surface area contributed by atoms with Crippen LogP contribution in [0.3, 0.4) is 0 Å². The number of allylic oxidation sites excluding steroid dienone is 1. The molecule has 0 heterocycles. The molecule has 3 aromatic carbocycles. The maximum atomic E-state index is 15.3. The van der Waals surface area contributed by atoms with E-state index < -0.39 is 40.9 Å². The van der Waals surface area contributed by atoms with E-state index in [-0.39, 0.29) is 41.4 Å². The lowest BCUT2D eigenvalue weighted by Gasteiger charge is -2.28. The summed E-state index contributed by atoms with van der Waals surface area (Å²) < 4.78 is 84.9. The first-order chi connectivity index (χ1) is 16.4. The molecule has 0 N–H and O–H groups in total. The summed E-state index contributed by atoms with van der Waals surface area (Å²) in [5.41, 5.74) is -0.366. The Balaban J connectivity index is 1.63. The van der Waals surface area contributed by atoms with Crippen LogP contribution in [-0.4, -0.2) is 6.61 Å². The Hall–Kier alpha value is -3.35. The maximum Gasteiger partial charge on any atom is 0.171 e. The number of fused-ring (bicyclic) bond motifs is 3. The lowest BCUT2D eigenvalue weighted by atomic mass is 9.81. The van der Waals surface area contributed by atoms with E-state index in [2.05, 4.69) is 6.58 Å². The molecule has 1 aliphatic rings. The van der Waals surface area contributed by atoms with Gasteiger partial charge in [-0.1, -0.05) is 30.3 Å². The zero-order valence-corrected chi connectivity index (χ0v) is 18.5. The van der Waals surface area contributed by atoms with Crippen molar-refractivity contribution in [3.05, 3.63) is 94.8 Å². The van der Waals surface area contributed by atoms with Gasteiger partial charge in [0.25, 0.3) is 0 Å². The van der Waals surface area contributed by atoms with Gasteiger partial charge in [-0.15, -0.1) is 6.58 Å². The second-order valence-electron chi connectivity index (χ2n) is 7.94. The molecular formula is C27H23F5O2. The minimum atomic E-state index is -2.41. The molecule has 0 bridgehead atoms. The zero-order valence-electron chi connectivity index (χ0n) is 18.5. The molecule has 0 aromatic heterocycles. The van der Waals surface area contributed by atoms with Crippen LogP contribution in [0.4, 0.5) is 22.0 Å².